The number of thiazole rings is 1. The molecule has 2 aromatic rings. The molecular formula is C8H11N5OS. The quantitative estimate of drug-likeness (QED) is 0.759. The summed E-state index contributed by atoms with van der Waals surface area (Å²) in [5.41, 5.74) is 1.78. The van der Waals surface area contributed by atoms with Crippen LogP contribution in [0.4, 0.5) is 0 Å². The molecule has 0 aliphatic carbocycles. The van der Waals surface area contributed by atoms with Crippen molar-refractivity contribution in [1.82, 2.24) is 25.3 Å². The number of rotatable bonds is 4. The molecule has 0 unspecified atom stereocenters. The van der Waals surface area contributed by atoms with Gasteiger partial charge in [-0.3, -0.25) is 9.48 Å². The monoisotopic (exact) mass is 225 g/mol. The van der Waals surface area contributed by atoms with Crippen molar-refractivity contribution in [3.05, 3.63) is 32.6 Å². The molecule has 0 aliphatic heterocycles. The number of hydrogen-bond acceptors (Lipinski definition) is 5. The Bertz CT molecular complexity index is 485. The summed E-state index contributed by atoms with van der Waals surface area (Å²) >= 11 is 1.17. The molecular weight excluding hydrogens is 214 g/mol. The Morgan fingerprint density at radius 2 is 2.47 bits per heavy atom. The molecule has 2 aromatic heterocycles. The van der Waals surface area contributed by atoms with Crippen molar-refractivity contribution in [2.75, 3.05) is 0 Å². The van der Waals surface area contributed by atoms with Gasteiger partial charge in [-0.2, -0.15) is 0 Å². The maximum Gasteiger partial charge on any atom is 0.304 e. The average molecular weight is 225 g/mol. The zero-order chi connectivity index (χ0) is 10.7. The second-order valence-corrected chi connectivity index (χ2v) is 4.00. The highest BCUT2D eigenvalue weighted by Crippen LogP contribution is 1.96. The lowest BCUT2D eigenvalue weighted by atomic mass is 10.4. The largest absolute Gasteiger partial charge is 0.315 e. The number of aromatic nitrogens is 4. The summed E-state index contributed by atoms with van der Waals surface area (Å²) in [7, 11) is 1.83. The molecule has 0 bridgehead atoms. The summed E-state index contributed by atoms with van der Waals surface area (Å²) in [5.74, 6) is 0. The highest BCUT2D eigenvalue weighted by atomic mass is 32.1. The zero-order valence-electron chi connectivity index (χ0n) is 8.23. The van der Waals surface area contributed by atoms with Crippen molar-refractivity contribution in [2.45, 2.75) is 13.1 Å². The smallest absolute Gasteiger partial charge is 0.304 e. The molecule has 0 saturated carbocycles. The molecule has 80 valence electrons. The van der Waals surface area contributed by atoms with Gasteiger partial charge in [0.25, 0.3) is 0 Å². The number of nitrogens with zero attached hydrogens (tertiary/aromatic N) is 3. The van der Waals surface area contributed by atoms with Crippen LogP contribution >= 0.6 is 11.3 Å². The van der Waals surface area contributed by atoms with Gasteiger partial charge in [0.15, 0.2) is 0 Å². The summed E-state index contributed by atoms with van der Waals surface area (Å²) in [4.78, 5) is 13.5. The number of H-pyrrole nitrogens is 1. The standard InChI is InChI=1S/C8H11N5OS/c1-13-4-6(11-12-13)2-9-3-7-5-15-8(14)10-7/h4-5,9H,2-3H2,1H3,(H,10,14). The molecule has 0 spiro atoms. The molecule has 0 saturated heterocycles. The van der Waals surface area contributed by atoms with E-state index in [9.17, 15) is 4.79 Å². The summed E-state index contributed by atoms with van der Waals surface area (Å²) < 4.78 is 1.66. The average Bonchev–Trinajstić information content (AvgIpc) is 2.76. The van der Waals surface area contributed by atoms with E-state index in [1.54, 1.807) is 4.68 Å². The minimum atomic E-state index is -0.0219. The molecule has 0 radical (unpaired) electrons. The third-order valence-electron chi connectivity index (χ3n) is 1.84. The fourth-order valence-corrected chi connectivity index (χ4v) is 1.78. The maximum atomic E-state index is 10.8. The Labute approximate surface area is 90.0 Å². The van der Waals surface area contributed by atoms with Gasteiger partial charge in [0.05, 0.1) is 5.69 Å². The van der Waals surface area contributed by atoms with Crippen molar-refractivity contribution in [3.8, 4) is 0 Å². The van der Waals surface area contributed by atoms with Gasteiger partial charge in [0, 0.05) is 37.4 Å². The second kappa shape index (κ2) is 4.37. The van der Waals surface area contributed by atoms with Gasteiger partial charge in [-0.1, -0.05) is 16.6 Å². The highest BCUT2D eigenvalue weighted by molar-refractivity contribution is 7.07. The third-order valence-corrected chi connectivity index (χ3v) is 2.56. The topological polar surface area (TPSA) is 75.6 Å². The van der Waals surface area contributed by atoms with Gasteiger partial charge in [-0.05, 0) is 0 Å². The normalized spacial score (nSPS) is 10.7. The van der Waals surface area contributed by atoms with Crippen LogP contribution in [-0.4, -0.2) is 20.0 Å². The maximum absolute atomic E-state index is 10.8. The van der Waals surface area contributed by atoms with Gasteiger partial charge < -0.3 is 10.3 Å². The van der Waals surface area contributed by atoms with E-state index in [1.165, 1.54) is 11.3 Å². The first-order valence-corrected chi connectivity index (χ1v) is 5.34. The van der Waals surface area contributed by atoms with Gasteiger partial charge >= 0.3 is 4.87 Å². The van der Waals surface area contributed by atoms with Crippen LogP contribution in [0.5, 0.6) is 0 Å². The summed E-state index contributed by atoms with van der Waals surface area (Å²) in [5, 5.41) is 12.7. The molecule has 2 rings (SSSR count). The molecule has 0 amide bonds. The van der Waals surface area contributed by atoms with Crippen LogP contribution in [0.25, 0.3) is 0 Å². The van der Waals surface area contributed by atoms with Gasteiger partial charge in [-0.25, -0.2) is 0 Å². The van der Waals surface area contributed by atoms with E-state index in [4.69, 9.17) is 0 Å². The lowest BCUT2D eigenvalue weighted by molar-refractivity contribution is 0.664. The number of hydrogen-bond donors (Lipinski definition) is 2. The van der Waals surface area contributed by atoms with Crippen molar-refractivity contribution < 1.29 is 0 Å². The van der Waals surface area contributed by atoms with Crippen molar-refractivity contribution in [2.24, 2.45) is 7.05 Å². The van der Waals surface area contributed by atoms with E-state index in [0.29, 0.717) is 13.1 Å². The van der Waals surface area contributed by atoms with Crippen LogP contribution in [0.15, 0.2) is 16.4 Å². The first kappa shape index (κ1) is 10.1. The minimum Gasteiger partial charge on any atom is -0.315 e. The molecule has 7 heteroatoms. The van der Waals surface area contributed by atoms with E-state index in [0.717, 1.165) is 11.4 Å². The predicted molar refractivity (Wildman–Crippen MR) is 56.5 cm³/mol. The van der Waals surface area contributed by atoms with Gasteiger partial charge in [0.1, 0.15) is 0 Å². The molecule has 15 heavy (non-hydrogen) atoms. The zero-order valence-corrected chi connectivity index (χ0v) is 9.04. The molecule has 0 aromatic carbocycles. The molecule has 6 nitrogen and oxygen atoms in total. The minimum absolute atomic E-state index is 0.0219. The second-order valence-electron chi connectivity index (χ2n) is 3.16. The van der Waals surface area contributed by atoms with Crippen LogP contribution < -0.4 is 10.2 Å². The number of aromatic amines is 1. The first-order chi connectivity index (χ1) is 7.24. The van der Waals surface area contributed by atoms with Crippen LogP contribution in [0.3, 0.4) is 0 Å². The molecule has 2 heterocycles. The summed E-state index contributed by atoms with van der Waals surface area (Å²) in [6.45, 7) is 1.28. The summed E-state index contributed by atoms with van der Waals surface area (Å²) in [6.07, 6.45) is 1.85. The lowest BCUT2D eigenvalue weighted by Crippen LogP contribution is -2.14. The Balaban J connectivity index is 1.82. The number of aryl methyl sites for hydroxylation is 1. The van der Waals surface area contributed by atoms with Crippen molar-refractivity contribution >= 4 is 11.3 Å². The predicted octanol–water partition coefficient (Wildman–Crippen LogP) is -0.145. The molecule has 0 aliphatic rings. The fourth-order valence-electron chi connectivity index (χ4n) is 1.20. The van der Waals surface area contributed by atoms with Gasteiger partial charge in [0.2, 0.25) is 0 Å². The highest BCUT2D eigenvalue weighted by Gasteiger charge is 1.99. The SMILES string of the molecule is Cn1cc(CNCc2csc(=O)[nH]2)nn1. The third kappa shape index (κ3) is 2.74. The molecule has 0 atom stereocenters. The molecule has 0 fully saturated rings. The van der Waals surface area contributed by atoms with E-state index in [1.807, 2.05) is 18.6 Å². The van der Waals surface area contributed by atoms with Crippen molar-refractivity contribution in [3.63, 3.8) is 0 Å². The van der Waals surface area contributed by atoms with Crippen LogP contribution in [0.1, 0.15) is 11.4 Å². The Morgan fingerprint density at radius 3 is 3.07 bits per heavy atom. The number of nitrogens with one attached hydrogen (secondary N) is 2. The van der Waals surface area contributed by atoms with Crippen molar-refractivity contribution in [1.29, 1.82) is 0 Å². The van der Waals surface area contributed by atoms with E-state index < -0.39 is 0 Å². The van der Waals surface area contributed by atoms with E-state index in [-0.39, 0.29) is 4.87 Å². The lowest BCUT2D eigenvalue weighted by Gasteiger charge is -1.98. The van der Waals surface area contributed by atoms with E-state index in [2.05, 4.69) is 20.6 Å². The van der Waals surface area contributed by atoms with Gasteiger partial charge in [-0.15, -0.1) is 5.10 Å². The fraction of sp³-hybridized carbons (Fsp3) is 0.375. The Hall–Kier alpha value is -1.47. The van der Waals surface area contributed by atoms with Crippen LogP contribution in [0, 0.1) is 0 Å². The van der Waals surface area contributed by atoms with Crippen LogP contribution in [-0.2, 0) is 20.1 Å². The van der Waals surface area contributed by atoms with Crippen LogP contribution in [0.2, 0.25) is 0 Å². The molecule has 2 N–H and O–H groups in total. The first-order valence-electron chi connectivity index (χ1n) is 4.46. The Kier molecular flexibility index (Phi) is 2.93. The Morgan fingerprint density at radius 1 is 1.60 bits per heavy atom. The van der Waals surface area contributed by atoms with E-state index >= 15 is 0 Å². The summed E-state index contributed by atoms with van der Waals surface area (Å²) in [6, 6.07) is 0.